The molecule has 1 aromatic heterocycles. The monoisotopic (exact) mass is 357 g/mol. The Morgan fingerprint density at radius 2 is 2.00 bits per heavy atom. The Balaban J connectivity index is 1.80. The average molecular weight is 357 g/mol. The van der Waals surface area contributed by atoms with Crippen molar-refractivity contribution < 1.29 is 4.79 Å². The molecule has 0 unspecified atom stereocenters. The molecule has 1 aromatic carbocycles. The van der Waals surface area contributed by atoms with E-state index >= 15 is 0 Å². The molecule has 0 saturated carbocycles. The number of benzene rings is 1. The largest absolute Gasteiger partial charge is 0.385 e. The normalized spacial score (nSPS) is 10.2. The van der Waals surface area contributed by atoms with Gasteiger partial charge in [-0.1, -0.05) is 6.07 Å². The molecule has 2 aromatic rings. The van der Waals surface area contributed by atoms with Crippen LogP contribution in [0.3, 0.4) is 0 Å². The molecule has 0 aliphatic heterocycles. The lowest BCUT2D eigenvalue weighted by atomic mass is 10.2. The van der Waals surface area contributed by atoms with Crippen LogP contribution < -0.4 is 5.32 Å². The molecule has 0 atom stereocenters. The van der Waals surface area contributed by atoms with Gasteiger partial charge in [-0.2, -0.15) is 0 Å². The van der Waals surface area contributed by atoms with E-state index in [-0.39, 0.29) is 5.78 Å². The second-order valence-electron chi connectivity index (χ2n) is 3.58. The molecule has 0 saturated heterocycles. The van der Waals surface area contributed by atoms with Crippen molar-refractivity contribution in [1.82, 2.24) is 0 Å². The zero-order valence-corrected chi connectivity index (χ0v) is 12.1. The molecule has 17 heavy (non-hydrogen) atoms. The van der Waals surface area contributed by atoms with Crippen LogP contribution in [0.5, 0.6) is 0 Å². The SMILES string of the molecule is O=C(CCNc1ccc(I)cc1)c1cccs1. The maximum Gasteiger partial charge on any atom is 0.174 e. The van der Waals surface area contributed by atoms with Gasteiger partial charge in [0.25, 0.3) is 0 Å². The van der Waals surface area contributed by atoms with Crippen molar-refractivity contribution in [3.8, 4) is 0 Å². The summed E-state index contributed by atoms with van der Waals surface area (Å²) in [6, 6.07) is 11.9. The molecule has 1 heterocycles. The summed E-state index contributed by atoms with van der Waals surface area (Å²) in [5.74, 6) is 0.206. The third kappa shape index (κ3) is 3.81. The van der Waals surface area contributed by atoms with E-state index in [1.807, 2.05) is 41.8 Å². The van der Waals surface area contributed by atoms with Gasteiger partial charge < -0.3 is 5.32 Å². The molecule has 0 amide bonds. The number of carbonyl (C=O) groups is 1. The van der Waals surface area contributed by atoms with E-state index in [4.69, 9.17) is 0 Å². The third-order valence-corrected chi connectivity index (χ3v) is 3.95. The quantitative estimate of drug-likeness (QED) is 0.647. The van der Waals surface area contributed by atoms with E-state index in [0.717, 1.165) is 10.6 Å². The van der Waals surface area contributed by atoms with E-state index in [2.05, 4.69) is 27.9 Å². The Bertz CT molecular complexity index is 479. The predicted molar refractivity (Wildman–Crippen MR) is 80.9 cm³/mol. The van der Waals surface area contributed by atoms with Crippen LogP contribution in [-0.2, 0) is 0 Å². The molecule has 0 radical (unpaired) electrons. The number of halogens is 1. The van der Waals surface area contributed by atoms with E-state index in [9.17, 15) is 4.79 Å². The molecule has 1 N–H and O–H groups in total. The van der Waals surface area contributed by atoms with Crippen LogP contribution in [0.2, 0.25) is 0 Å². The summed E-state index contributed by atoms with van der Waals surface area (Å²) in [6.07, 6.45) is 0.534. The van der Waals surface area contributed by atoms with Gasteiger partial charge in [-0.3, -0.25) is 4.79 Å². The summed E-state index contributed by atoms with van der Waals surface area (Å²) in [7, 11) is 0. The van der Waals surface area contributed by atoms with Crippen LogP contribution in [0.15, 0.2) is 41.8 Å². The fourth-order valence-electron chi connectivity index (χ4n) is 1.45. The van der Waals surface area contributed by atoms with Crippen molar-refractivity contribution in [2.75, 3.05) is 11.9 Å². The molecule has 88 valence electrons. The maximum absolute atomic E-state index is 11.7. The minimum absolute atomic E-state index is 0.206. The summed E-state index contributed by atoms with van der Waals surface area (Å²) in [5, 5.41) is 5.18. The van der Waals surface area contributed by atoms with E-state index in [1.165, 1.54) is 14.9 Å². The van der Waals surface area contributed by atoms with Crippen LogP contribution >= 0.6 is 33.9 Å². The number of ketones is 1. The summed E-state index contributed by atoms with van der Waals surface area (Å²) in [6.45, 7) is 0.678. The van der Waals surface area contributed by atoms with Crippen molar-refractivity contribution in [1.29, 1.82) is 0 Å². The molecule has 2 nitrogen and oxygen atoms in total. The average Bonchev–Trinajstić information content (AvgIpc) is 2.85. The first-order valence-electron chi connectivity index (χ1n) is 5.32. The van der Waals surface area contributed by atoms with Crippen molar-refractivity contribution in [3.05, 3.63) is 50.2 Å². The first-order chi connectivity index (χ1) is 8.25. The summed E-state index contributed by atoms with van der Waals surface area (Å²) >= 11 is 3.77. The number of thiophene rings is 1. The molecule has 0 aliphatic rings. The Hall–Kier alpha value is -0.880. The van der Waals surface area contributed by atoms with E-state index in [1.54, 1.807) is 0 Å². The Labute approximate surface area is 118 Å². The number of carbonyl (C=O) groups excluding carboxylic acids is 1. The zero-order chi connectivity index (χ0) is 12.1. The lowest BCUT2D eigenvalue weighted by molar-refractivity contribution is 0.0990. The number of Topliss-reactive ketones (excluding diaryl/α,β-unsaturated/α-hetero) is 1. The molecule has 0 bridgehead atoms. The minimum Gasteiger partial charge on any atom is -0.385 e. The maximum atomic E-state index is 11.7. The fraction of sp³-hybridized carbons (Fsp3) is 0.154. The Morgan fingerprint density at radius 1 is 1.24 bits per heavy atom. The number of hydrogen-bond acceptors (Lipinski definition) is 3. The van der Waals surface area contributed by atoms with Crippen LogP contribution in [-0.4, -0.2) is 12.3 Å². The molecule has 0 fully saturated rings. The second kappa shape index (κ2) is 6.16. The van der Waals surface area contributed by atoms with Crippen LogP contribution in [0.1, 0.15) is 16.1 Å². The Kier molecular flexibility index (Phi) is 4.56. The molecule has 2 rings (SSSR count). The van der Waals surface area contributed by atoms with Crippen molar-refractivity contribution in [3.63, 3.8) is 0 Å². The number of rotatable bonds is 5. The number of nitrogens with one attached hydrogen (secondary N) is 1. The molecular formula is C13H12INOS. The molecule has 0 spiro atoms. The van der Waals surface area contributed by atoms with E-state index in [0.29, 0.717) is 13.0 Å². The zero-order valence-electron chi connectivity index (χ0n) is 9.15. The van der Waals surface area contributed by atoms with Crippen molar-refractivity contribution in [2.45, 2.75) is 6.42 Å². The predicted octanol–water partition coefficient (Wildman–Crippen LogP) is 4.04. The van der Waals surface area contributed by atoms with Crippen LogP contribution in [0.4, 0.5) is 5.69 Å². The first kappa shape index (κ1) is 12.6. The van der Waals surface area contributed by atoms with Crippen molar-refractivity contribution >= 4 is 45.4 Å². The van der Waals surface area contributed by atoms with Gasteiger partial charge in [-0.15, -0.1) is 11.3 Å². The highest BCUT2D eigenvalue weighted by molar-refractivity contribution is 14.1. The summed E-state index contributed by atoms with van der Waals surface area (Å²) in [5.41, 5.74) is 1.06. The molecule has 0 aliphatic carbocycles. The van der Waals surface area contributed by atoms with Gasteiger partial charge in [0, 0.05) is 22.2 Å². The number of hydrogen-bond donors (Lipinski definition) is 1. The third-order valence-electron chi connectivity index (χ3n) is 2.32. The highest BCUT2D eigenvalue weighted by atomic mass is 127. The van der Waals surface area contributed by atoms with Crippen molar-refractivity contribution in [2.24, 2.45) is 0 Å². The first-order valence-corrected chi connectivity index (χ1v) is 7.28. The fourth-order valence-corrected chi connectivity index (χ4v) is 2.50. The van der Waals surface area contributed by atoms with Gasteiger partial charge >= 0.3 is 0 Å². The van der Waals surface area contributed by atoms with Gasteiger partial charge in [0.2, 0.25) is 0 Å². The standard InChI is InChI=1S/C13H12INOS/c14-10-3-5-11(6-4-10)15-8-7-12(16)13-2-1-9-17-13/h1-6,9,15H,7-8H2. The Morgan fingerprint density at radius 3 is 2.65 bits per heavy atom. The number of anilines is 1. The van der Waals surface area contributed by atoms with Crippen LogP contribution in [0, 0.1) is 3.57 Å². The van der Waals surface area contributed by atoms with Gasteiger partial charge in [-0.05, 0) is 58.3 Å². The minimum atomic E-state index is 0.206. The van der Waals surface area contributed by atoms with Crippen LogP contribution in [0.25, 0.3) is 0 Å². The van der Waals surface area contributed by atoms with Gasteiger partial charge in [0.1, 0.15) is 0 Å². The smallest absolute Gasteiger partial charge is 0.174 e. The highest BCUT2D eigenvalue weighted by Crippen LogP contribution is 2.13. The highest BCUT2D eigenvalue weighted by Gasteiger charge is 2.05. The lowest BCUT2D eigenvalue weighted by Gasteiger charge is -2.05. The summed E-state index contributed by atoms with van der Waals surface area (Å²) < 4.78 is 1.21. The topological polar surface area (TPSA) is 29.1 Å². The summed E-state index contributed by atoms with van der Waals surface area (Å²) in [4.78, 5) is 12.6. The van der Waals surface area contributed by atoms with Gasteiger partial charge in [0.05, 0.1) is 4.88 Å². The van der Waals surface area contributed by atoms with Gasteiger partial charge in [0.15, 0.2) is 5.78 Å². The molecule has 4 heteroatoms. The van der Waals surface area contributed by atoms with E-state index < -0.39 is 0 Å². The lowest BCUT2D eigenvalue weighted by Crippen LogP contribution is -2.07. The second-order valence-corrected chi connectivity index (χ2v) is 5.78. The molecular weight excluding hydrogens is 345 g/mol. The van der Waals surface area contributed by atoms with Gasteiger partial charge in [-0.25, -0.2) is 0 Å².